The monoisotopic (exact) mass is 645 g/mol. The molecule has 0 fully saturated rings. The van der Waals surface area contributed by atoms with Gasteiger partial charge in [-0.15, -0.1) is 0 Å². The summed E-state index contributed by atoms with van der Waals surface area (Å²) in [6.45, 7) is 7.18. The molecule has 0 aromatic heterocycles. The first-order valence-corrected chi connectivity index (χ1v) is 16.1. The highest BCUT2D eigenvalue weighted by Crippen LogP contribution is 2.33. The fraction of sp³-hybridized carbons (Fsp3) is 0.375. The zero-order chi connectivity index (χ0) is 32.4. The molecule has 10 nitrogen and oxygen atoms in total. The smallest absolute Gasteiger partial charge is 0.264 e. The zero-order valence-electron chi connectivity index (χ0n) is 25.9. The van der Waals surface area contributed by atoms with Crippen molar-refractivity contribution in [3.05, 3.63) is 77.3 Å². The zero-order valence-corrected chi connectivity index (χ0v) is 27.4. The number of hydrogen-bond donors (Lipinski definition) is 1. The highest BCUT2D eigenvalue weighted by molar-refractivity contribution is 7.92. The lowest BCUT2D eigenvalue weighted by Crippen LogP contribution is -2.52. The molecular formula is C32H40ClN3O7S. The van der Waals surface area contributed by atoms with E-state index in [2.05, 4.69) is 5.32 Å². The van der Waals surface area contributed by atoms with E-state index in [1.54, 1.807) is 55.5 Å². The van der Waals surface area contributed by atoms with Gasteiger partial charge >= 0.3 is 0 Å². The van der Waals surface area contributed by atoms with Crippen molar-refractivity contribution in [1.29, 1.82) is 0 Å². The summed E-state index contributed by atoms with van der Waals surface area (Å²) in [7, 11) is -1.47. The van der Waals surface area contributed by atoms with E-state index in [-0.39, 0.29) is 34.8 Å². The Morgan fingerprint density at radius 1 is 0.909 bits per heavy atom. The molecule has 238 valence electrons. The molecule has 0 saturated heterocycles. The van der Waals surface area contributed by atoms with Crippen LogP contribution in [0.3, 0.4) is 0 Å². The number of hydrogen-bond acceptors (Lipinski definition) is 7. The number of nitrogens with zero attached hydrogens (tertiary/aromatic N) is 2. The molecule has 0 aliphatic carbocycles. The Hall–Kier alpha value is -3.96. The van der Waals surface area contributed by atoms with E-state index in [1.165, 1.54) is 37.3 Å². The first-order valence-electron chi connectivity index (χ1n) is 14.3. The lowest BCUT2D eigenvalue weighted by Gasteiger charge is -2.32. The third kappa shape index (κ3) is 8.57. The van der Waals surface area contributed by atoms with Crippen molar-refractivity contribution in [1.82, 2.24) is 10.2 Å². The van der Waals surface area contributed by atoms with Crippen LogP contribution < -0.4 is 23.8 Å². The number of methoxy groups -OCH3 is 2. The third-order valence-corrected chi connectivity index (χ3v) is 9.11. The Morgan fingerprint density at radius 3 is 2.11 bits per heavy atom. The summed E-state index contributed by atoms with van der Waals surface area (Å²) >= 11 is 6.07. The van der Waals surface area contributed by atoms with Gasteiger partial charge in [-0.2, -0.15) is 0 Å². The number of carbonyl (C=O) groups excluding carboxylic acids is 2. The summed E-state index contributed by atoms with van der Waals surface area (Å²) in [5.74, 6) is 0.184. The largest absolute Gasteiger partial charge is 0.494 e. The topological polar surface area (TPSA) is 114 Å². The van der Waals surface area contributed by atoms with E-state index in [0.29, 0.717) is 29.5 Å². The van der Waals surface area contributed by atoms with Gasteiger partial charge in [-0.1, -0.05) is 30.7 Å². The summed E-state index contributed by atoms with van der Waals surface area (Å²) in [5.41, 5.74) is 0.959. The molecule has 0 unspecified atom stereocenters. The molecule has 2 atom stereocenters. The van der Waals surface area contributed by atoms with Crippen molar-refractivity contribution >= 4 is 39.1 Å². The summed E-state index contributed by atoms with van der Waals surface area (Å²) in [4.78, 5) is 28.6. The second kappa shape index (κ2) is 15.7. The molecule has 0 radical (unpaired) electrons. The molecule has 2 amide bonds. The maximum atomic E-state index is 14.2. The van der Waals surface area contributed by atoms with Crippen LogP contribution >= 0.6 is 11.6 Å². The number of sulfonamides is 1. The van der Waals surface area contributed by atoms with Gasteiger partial charge in [-0.05, 0) is 81.3 Å². The lowest BCUT2D eigenvalue weighted by atomic mass is 10.1. The van der Waals surface area contributed by atoms with Crippen LogP contribution in [0, 0.1) is 0 Å². The van der Waals surface area contributed by atoms with Crippen molar-refractivity contribution in [3.63, 3.8) is 0 Å². The van der Waals surface area contributed by atoms with Gasteiger partial charge in [-0.3, -0.25) is 13.9 Å². The van der Waals surface area contributed by atoms with E-state index in [1.807, 2.05) is 20.8 Å². The number of benzene rings is 3. The molecule has 0 saturated carbocycles. The van der Waals surface area contributed by atoms with Gasteiger partial charge in [0.1, 0.15) is 18.3 Å². The predicted molar refractivity (Wildman–Crippen MR) is 171 cm³/mol. The Balaban J connectivity index is 2.07. The van der Waals surface area contributed by atoms with Gasteiger partial charge < -0.3 is 24.4 Å². The fourth-order valence-electron chi connectivity index (χ4n) is 4.34. The normalized spacial score (nSPS) is 12.5. The number of anilines is 1. The van der Waals surface area contributed by atoms with Crippen LogP contribution in [-0.2, 0) is 26.2 Å². The van der Waals surface area contributed by atoms with Crippen LogP contribution in [0.15, 0.2) is 71.6 Å². The molecule has 44 heavy (non-hydrogen) atoms. The minimum atomic E-state index is -4.32. The van der Waals surface area contributed by atoms with Gasteiger partial charge in [0.05, 0.1) is 31.4 Å². The van der Waals surface area contributed by atoms with Crippen molar-refractivity contribution in [2.45, 2.75) is 57.6 Å². The molecule has 0 aliphatic heterocycles. The number of ether oxygens (including phenoxy) is 3. The van der Waals surface area contributed by atoms with Gasteiger partial charge in [-0.25, -0.2) is 8.42 Å². The Kier molecular flexibility index (Phi) is 12.3. The molecule has 3 aromatic carbocycles. The molecule has 3 aromatic rings. The van der Waals surface area contributed by atoms with Crippen LogP contribution in [0.1, 0.15) is 39.7 Å². The maximum Gasteiger partial charge on any atom is 0.264 e. The molecule has 3 rings (SSSR count). The standard InChI is InChI=1S/C32H40ClN3O7S/c1-7-22(3)34-32(38)23(4)35(20-24-9-11-25(33)12-10-24)31(37)21-36(26-13-15-27(16-14-26)43-8-2)44(39,40)28-17-18-29(41-5)30(19-28)42-6/h9-19,22-23H,7-8,20-21H2,1-6H3,(H,34,38)/t22-,23+/m1/s1. The van der Waals surface area contributed by atoms with Crippen LogP contribution in [-0.4, -0.2) is 64.6 Å². The predicted octanol–water partition coefficient (Wildman–Crippen LogP) is 5.28. The fourth-order valence-corrected chi connectivity index (χ4v) is 5.90. The molecule has 0 aliphatic rings. The molecule has 0 bridgehead atoms. The number of amides is 2. The van der Waals surface area contributed by atoms with E-state index in [0.717, 1.165) is 9.87 Å². The Bertz CT molecular complexity index is 1520. The van der Waals surface area contributed by atoms with Crippen LogP contribution in [0.25, 0.3) is 0 Å². The molecule has 12 heteroatoms. The number of halogens is 1. The third-order valence-electron chi connectivity index (χ3n) is 7.09. The number of nitrogens with one attached hydrogen (secondary N) is 1. The SMILES string of the molecule is CCOc1ccc(N(CC(=O)N(Cc2ccc(Cl)cc2)[C@@H](C)C(=O)N[C@H](C)CC)S(=O)(=O)c2ccc(OC)c(OC)c2)cc1. The minimum Gasteiger partial charge on any atom is -0.494 e. The van der Waals surface area contributed by atoms with Gasteiger partial charge in [0.15, 0.2) is 11.5 Å². The Labute approximate surface area is 264 Å². The second-order valence-corrected chi connectivity index (χ2v) is 12.4. The first kappa shape index (κ1) is 34.5. The van der Waals surface area contributed by atoms with E-state index in [4.69, 9.17) is 25.8 Å². The van der Waals surface area contributed by atoms with E-state index >= 15 is 0 Å². The summed E-state index contributed by atoms with van der Waals surface area (Å²) < 4.78 is 45.5. The minimum absolute atomic E-state index is 0.0542. The number of carbonyl (C=O) groups is 2. The molecule has 0 heterocycles. The summed E-state index contributed by atoms with van der Waals surface area (Å²) in [5, 5.41) is 3.44. The summed E-state index contributed by atoms with van der Waals surface area (Å²) in [6, 6.07) is 16.5. The van der Waals surface area contributed by atoms with Crippen molar-refractivity contribution in [3.8, 4) is 17.2 Å². The summed E-state index contributed by atoms with van der Waals surface area (Å²) in [6.07, 6.45) is 0.707. The maximum absolute atomic E-state index is 14.2. The average molecular weight is 646 g/mol. The van der Waals surface area contributed by atoms with Crippen molar-refractivity contribution in [2.24, 2.45) is 0 Å². The van der Waals surface area contributed by atoms with Crippen molar-refractivity contribution < 1.29 is 32.2 Å². The molecular weight excluding hydrogens is 606 g/mol. The Morgan fingerprint density at radius 2 is 1.55 bits per heavy atom. The lowest BCUT2D eigenvalue weighted by molar-refractivity contribution is -0.139. The molecule has 1 N–H and O–H groups in total. The first-order chi connectivity index (χ1) is 20.9. The quantitative estimate of drug-likeness (QED) is 0.239. The second-order valence-electron chi connectivity index (χ2n) is 10.1. The highest BCUT2D eigenvalue weighted by Gasteiger charge is 2.33. The number of rotatable bonds is 15. The van der Waals surface area contributed by atoms with Crippen LogP contribution in [0.5, 0.6) is 17.2 Å². The average Bonchev–Trinajstić information content (AvgIpc) is 3.02. The van der Waals surface area contributed by atoms with Gasteiger partial charge in [0, 0.05) is 23.7 Å². The highest BCUT2D eigenvalue weighted by atomic mass is 35.5. The van der Waals surface area contributed by atoms with E-state index in [9.17, 15) is 18.0 Å². The van der Waals surface area contributed by atoms with Gasteiger partial charge in [0.2, 0.25) is 11.8 Å². The van der Waals surface area contributed by atoms with Crippen molar-refractivity contribution in [2.75, 3.05) is 31.7 Å². The molecule has 0 spiro atoms. The van der Waals surface area contributed by atoms with Crippen LogP contribution in [0.4, 0.5) is 5.69 Å². The van der Waals surface area contributed by atoms with Gasteiger partial charge in [0.25, 0.3) is 10.0 Å². The van der Waals surface area contributed by atoms with Crippen LogP contribution in [0.2, 0.25) is 5.02 Å². The van der Waals surface area contributed by atoms with E-state index < -0.39 is 28.5 Å².